The molecule has 0 aliphatic heterocycles. The topological polar surface area (TPSA) is 12.9 Å². The van der Waals surface area contributed by atoms with Crippen LogP contribution in [0, 0.1) is 0 Å². The lowest BCUT2D eigenvalue weighted by Gasteiger charge is -2.06. The second-order valence-electron chi connectivity index (χ2n) is 3.52. The Kier molecular flexibility index (Phi) is 2.85. The molecular formula is C9H14AlNS. The van der Waals surface area contributed by atoms with Gasteiger partial charge in [-0.1, -0.05) is 12.8 Å². The fraction of sp³-hybridized carbons (Fsp3) is 0.667. The zero-order valence-electron chi connectivity index (χ0n) is 7.60. The average Bonchev–Trinajstić information content (AvgIpc) is 2.32. The van der Waals surface area contributed by atoms with E-state index in [0.29, 0.717) is 0 Å². The molecule has 0 atom stereocenters. The predicted molar refractivity (Wildman–Crippen MR) is 56.2 cm³/mol. The molecule has 1 nitrogen and oxygen atoms in total. The summed E-state index contributed by atoms with van der Waals surface area (Å²) in [4.78, 5) is 6.23. The summed E-state index contributed by atoms with van der Waals surface area (Å²) in [5.41, 5.74) is 1.43. The normalized spacial score (nSPS) is 18.0. The molecule has 12 heavy (non-hydrogen) atoms. The maximum atomic E-state index is 4.63. The number of hydrogen-bond donors (Lipinski definition) is 0. The Bertz CT molecular complexity index is 244. The van der Waals surface area contributed by atoms with E-state index in [1.807, 2.05) is 11.3 Å². The molecule has 64 valence electrons. The van der Waals surface area contributed by atoms with Crippen molar-refractivity contribution < 1.29 is 0 Å². The van der Waals surface area contributed by atoms with Gasteiger partial charge in [-0.05, 0) is 25.7 Å². The van der Waals surface area contributed by atoms with Gasteiger partial charge in [-0.25, -0.2) is 0 Å². The third-order valence-corrected chi connectivity index (χ3v) is 4.36. The SMILES string of the molecule is [AlH2][c]1nc2c(s1)CCCCCC2. The molecule has 0 aromatic carbocycles. The van der Waals surface area contributed by atoms with Crippen LogP contribution in [-0.4, -0.2) is 21.3 Å². The maximum Gasteiger partial charge on any atom is 0.307 e. The Balaban J connectivity index is 2.23. The van der Waals surface area contributed by atoms with Crippen molar-refractivity contribution in [1.29, 1.82) is 0 Å². The lowest BCUT2D eigenvalue weighted by atomic mass is 10.0. The van der Waals surface area contributed by atoms with Gasteiger partial charge in [0, 0.05) is 8.75 Å². The molecule has 1 aliphatic rings. The second kappa shape index (κ2) is 3.91. The Morgan fingerprint density at radius 3 is 2.67 bits per heavy atom. The quantitative estimate of drug-likeness (QED) is 0.564. The van der Waals surface area contributed by atoms with Crippen LogP contribution in [0.5, 0.6) is 0 Å². The second-order valence-corrected chi connectivity index (χ2v) is 6.48. The third kappa shape index (κ3) is 1.90. The molecule has 0 N–H and O–H groups in total. The molecule has 0 spiro atoms. The number of thiazole rings is 1. The highest BCUT2D eigenvalue weighted by atomic mass is 32.1. The van der Waals surface area contributed by atoms with Gasteiger partial charge in [-0.2, -0.15) is 0 Å². The van der Waals surface area contributed by atoms with Crippen LogP contribution in [0.15, 0.2) is 0 Å². The van der Waals surface area contributed by atoms with Crippen LogP contribution in [0.1, 0.15) is 36.3 Å². The summed E-state index contributed by atoms with van der Waals surface area (Å²) in [6.45, 7) is 0. The minimum atomic E-state index is 1.14. The fourth-order valence-corrected chi connectivity index (χ4v) is 3.87. The monoisotopic (exact) mass is 195 g/mol. The molecule has 1 heterocycles. The molecule has 0 saturated carbocycles. The molecule has 0 amide bonds. The van der Waals surface area contributed by atoms with Gasteiger partial charge < -0.3 is 0 Å². The highest BCUT2D eigenvalue weighted by Gasteiger charge is 2.10. The molecule has 1 aliphatic carbocycles. The highest BCUT2D eigenvalue weighted by Crippen LogP contribution is 2.20. The molecule has 1 aromatic rings. The van der Waals surface area contributed by atoms with Gasteiger partial charge in [0.05, 0.1) is 5.69 Å². The minimum absolute atomic E-state index is 1.14. The van der Waals surface area contributed by atoms with E-state index in [2.05, 4.69) is 4.98 Å². The number of fused-ring (bicyclic) bond motifs is 1. The van der Waals surface area contributed by atoms with Crippen molar-refractivity contribution in [2.75, 3.05) is 0 Å². The Morgan fingerprint density at radius 1 is 1.08 bits per heavy atom. The molecule has 3 heteroatoms. The Morgan fingerprint density at radius 2 is 1.83 bits per heavy atom. The van der Waals surface area contributed by atoms with Crippen LogP contribution in [0.4, 0.5) is 0 Å². The van der Waals surface area contributed by atoms with E-state index in [1.165, 1.54) is 48.1 Å². The molecule has 0 bridgehead atoms. The van der Waals surface area contributed by atoms with Gasteiger partial charge in [0.2, 0.25) is 0 Å². The number of rotatable bonds is 0. The molecular weight excluding hydrogens is 181 g/mol. The smallest absolute Gasteiger partial charge is 0.266 e. The summed E-state index contributed by atoms with van der Waals surface area (Å²) >= 11 is 3.10. The first-order chi connectivity index (χ1) is 5.86. The van der Waals surface area contributed by atoms with Crippen LogP contribution < -0.4 is 3.87 Å². The standard InChI is InChI=1S/C9H12NS.Al.2H/c1-2-4-6-9-8(5-3-1)10-7-11-9;;;/h1-6H2;;;. The fourth-order valence-electron chi connectivity index (χ4n) is 1.83. The van der Waals surface area contributed by atoms with Gasteiger partial charge in [0.1, 0.15) is 0 Å². The molecule has 0 unspecified atom stereocenters. The summed E-state index contributed by atoms with van der Waals surface area (Å²) < 4.78 is 1.39. The number of hydrogen-bond acceptors (Lipinski definition) is 2. The van der Waals surface area contributed by atoms with E-state index >= 15 is 0 Å². The van der Waals surface area contributed by atoms with Gasteiger partial charge in [-0.3, -0.25) is 4.98 Å². The van der Waals surface area contributed by atoms with E-state index in [-0.39, 0.29) is 0 Å². The van der Waals surface area contributed by atoms with E-state index in [9.17, 15) is 0 Å². The summed E-state index contributed by atoms with van der Waals surface area (Å²) in [6.07, 6.45) is 8.12. The van der Waals surface area contributed by atoms with Crippen molar-refractivity contribution >= 4 is 31.5 Å². The lowest BCUT2D eigenvalue weighted by molar-refractivity contribution is 0.616. The average molecular weight is 195 g/mol. The minimum Gasteiger partial charge on any atom is -0.266 e. The first-order valence-corrected chi connectivity index (χ1v) is 6.63. The summed E-state index contributed by atoms with van der Waals surface area (Å²) in [5, 5.41) is 0. The van der Waals surface area contributed by atoms with Crippen LogP contribution in [0.25, 0.3) is 0 Å². The van der Waals surface area contributed by atoms with Gasteiger partial charge in [0.15, 0.2) is 0 Å². The first kappa shape index (κ1) is 8.75. The lowest BCUT2D eigenvalue weighted by Crippen LogP contribution is -2.01. The molecule has 0 radical (unpaired) electrons. The molecule has 2 rings (SSSR count). The van der Waals surface area contributed by atoms with Crippen LogP contribution in [0.3, 0.4) is 0 Å². The molecule has 1 aromatic heterocycles. The molecule has 0 saturated heterocycles. The van der Waals surface area contributed by atoms with Crippen molar-refractivity contribution in [1.82, 2.24) is 4.98 Å². The Labute approximate surface area is 85.6 Å². The summed E-state index contributed by atoms with van der Waals surface area (Å²) in [7, 11) is 0. The van der Waals surface area contributed by atoms with Crippen LogP contribution in [-0.2, 0) is 12.8 Å². The summed E-state index contributed by atoms with van der Waals surface area (Å²) in [6, 6.07) is 0. The van der Waals surface area contributed by atoms with Crippen molar-refractivity contribution in [3.05, 3.63) is 10.6 Å². The van der Waals surface area contributed by atoms with E-state index in [0.717, 1.165) is 16.3 Å². The van der Waals surface area contributed by atoms with E-state index in [4.69, 9.17) is 0 Å². The highest BCUT2D eigenvalue weighted by molar-refractivity contribution is 7.19. The number of aromatic nitrogens is 1. The molecule has 0 fully saturated rings. The van der Waals surface area contributed by atoms with Gasteiger partial charge >= 0.3 is 16.3 Å². The van der Waals surface area contributed by atoms with E-state index < -0.39 is 0 Å². The predicted octanol–water partition coefficient (Wildman–Crippen LogP) is 1.06. The first-order valence-electron chi connectivity index (χ1n) is 4.81. The zero-order chi connectivity index (χ0) is 8.39. The van der Waals surface area contributed by atoms with Crippen LogP contribution >= 0.6 is 11.3 Å². The third-order valence-electron chi connectivity index (χ3n) is 2.45. The Hall–Kier alpha value is 0.162. The van der Waals surface area contributed by atoms with Crippen LogP contribution in [0.2, 0.25) is 0 Å². The van der Waals surface area contributed by atoms with Crippen molar-refractivity contribution in [3.8, 4) is 0 Å². The zero-order valence-corrected chi connectivity index (χ0v) is 10.4. The van der Waals surface area contributed by atoms with Gasteiger partial charge in [0.25, 0.3) is 0 Å². The van der Waals surface area contributed by atoms with Crippen molar-refractivity contribution in [2.45, 2.75) is 38.5 Å². The van der Waals surface area contributed by atoms with E-state index in [1.54, 1.807) is 4.88 Å². The van der Waals surface area contributed by atoms with Crippen molar-refractivity contribution in [2.24, 2.45) is 0 Å². The van der Waals surface area contributed by atoms with Gasteiger partial charge in [-0.15, -0.1) is 11.3 Å². The largest absolute Gasteiger partial charge is 0.307 e. The van der Waals surface area contributed by atoms with Crippen molar-refractivity contribution in [3.63, 3.8) is 0 Å². The maximum absolute atomic E-state index is 4.63. The number of aryl methyl sites for hydroxylation is 2. The number of nitrogens with zero attached hydrogens (tertiary/aromatic N) is 1. The summed E-state index contributed by atoms with van der Waals surface area (Å²) in [5.74, 6) is 0.